The fraction of sp³-hybridized carbons (Fsp3) is 0.545. The molecule has 624 valence electrons. The van der Waals surface area contributed by atoms with Gasteiger partial charge in [0.25, 0.3) is 0 Å². The summed E-state index contributed by atoms with van der Waals surface area (Å²) in [6.45, 7) is 7.17. The summed E-state index contributed by atoms with van der Waals surface area (Å²) in [6.07, 6.45) is 42.8. The van der Waals surface area contributed by atoms with Gasteiger partial charge in [0, 0.05) is 110 Å². The Morgan fingerprint density at radius 1 is 0.385 bits per heavy atom. The molecule has 0 unspecified atom stereocenters. The smallest absolute Gasteiger partial charge is 0.337 e. The number of halogens is 3. The predicted molar refractivity (Wildman–Crippen MR) is 465 cm³/mol. The SMILES string of the molecule is COC(=O)c1ccc2c(c1)N(C[C@@H]1CC[C@H]1[C@@H](OC)[C@@H]1C=CCCC1)C[C@@]1(CCCc3cc(Cl)ccc31)CO2.COC(=O)c1ccc2c(c1)N(C[C@@H]1CC[C@H]1[C@@H](OC)[C@H]1C=CCCC1)C[C@@]1(CCCc3cc(Cl)ccc31)CO2.COC(=O)c1ccc2c(c1)N(C[C@@H]1CC[C@H]1[C@H](OC)[C@@H]1C=CCCC1)C[C@@]1(CCCc3cc(Cl)ccc31)CO2. The number of hydrogen-bond acceptors (Lipinski definition) is 15. The molecule has 18 heteroatoms. The number of esters is 3. The molecular weight excluding hydrogens is 1530 g/mol. The zero-order chi connectivity index (χ0) is 81.0. The largest absolute Gasteiger partial charge is 0.490 e. The van der Waals surface area contributed by atoms with Crippen molar-refractivity contribution in [3.63, 3.8) is 0 Å². The molecule has 3 fully saturated rings. The van der Waals surface area contributed by atoms with Gasteiger partial charge in [-0.3, -0.25) is 0 Å². The third kappa shape index (κ3) is 17.5. The Bertz CT molecular complexity index is 4190. The second kappa shape index (κ2) is 36.8. The second-order valence-electron chi connectivity index (χ2n) is 36.0. The average Bonchev–Trinajstić information content (AvgIpc) is 1.70. The molecule has 15 atom stereocenters. The molecule has 3 saturated carbocycles. The van der Waals surface area contributed by atoms with Gasteiger partial charge in [0.2, 0.25) is 0 Å². The molecule has 0 radical (unpaired) electrons. The van der Waals surface area contributed by atoms with Gasteiger partial charge >= 0.3 is 17.9 Å². The average molecular weight is 1650 g/mol. The van der Waals surface area contributed by atoms with Crippen molar-refractivity contribution in [2.75, 3.05) is 116 Å². The number of carbonyl (C=O) groups excluding carboxylic acids is 3. The van der Waals surface area contributed by atoms with Crippen molar-refractivity contribution in [1.82, 2.24) is 0 Å². The Kier molecular flexibility index (Phi) is 26.2. The number of methoxy groups -OCH3 is 6. The van der Waals surface area contributed by atoms with Crippen LogP contribution in [0.1, 0.15) is 199 Å². The van der Waals surface area contributed by atoms with Gasteiger partial charge < -0.3 is 57.3 Å². The molecule has 9 aliphatic carbocycles. The van der Waals surface area contributed by atoms with E-state index in [9.17, 15) is 14.4 Å². The third-order valence-corrected chi connectivity index (χ3v) is 30.1. The van der Waals surface area contributed by atoms with E-state index in [1.807, 2.05) is 94.1 Å². The fourth-order valence-electron chi connectivity index (χ4n) is 23.0. The van der Waals surface area contributed by atoms with Crippen molar-refractivity contribution in [1.29, 1.82) is 0 Å². The van der Waals surface area contributed by atoms with Crippen LogP contribution < -0.4 is 28.9 Å². The van der Waals surface area contributed by atoms with E-state index >= 15 is 0 Å². The molecule has 12 aliphatic rings. The number of carbonyl (C=O) groups is 3. The lowest BCUT2D eigenvalue weighted by Gasteiger charge is -2.47. The predicted octanol–water partition coefficient (Wildman–Crippen LogP) is 21.0. The highest BCUT2D eigenvalue weighted by Gasteiger charge is 2.50. The summed E-state index contributed by atoms with van der Waals surface area (Å²) < 4.78 is 53.5. The van der Waals surface area contributed by atoms with E-state index < -0.39 is 0 Å². The van der Waals surface area contributed by atoms with E-state index in [0.29, 0.717) is 89.8 Å². The number of benzene rings is 6. The molecule has 0 saturated heterocycles. The maximum atomic E-state index is 12.5. The van der Waals surface area contributed by atoms with E-state index in [1.54, 1.807) is 0 Å². The van der Waals surface area contributed by atoms with Crippen LogP contribution in [0.2, 0.25) is 15.1 Å². The Balaban J connectivity index is 0.000000131. The number of fused-ring (bicyclic) bond motifs is 9. The minimum absolute atomic E-state index is 0.130. The van der Waals surface area contributed by atoms with Crippen LogP contribution in [-0.2, 0) is 63.9 Å². The zero-order valence-corrected chi connectivity index (χ0v) is 71.8. The second-order valence-corrected chi connectivity index (χ2v) is 37.3. The van der Waals surface area contributed by atoms with Crippen LogP contribution in [0, 0.1) is 53.3 Å². The maximum Gasteiger partial charge on any atom is 0.337 e. The quantitative estimate of drug-likeness (QED) is 0.0457. The molecule has 0 bridgehead atoms. The van der Waals surface area contributed by atoms with Gasteiger partial charge in [-0.2, -0.15) is 0 Å². The minimum atomic E-state index is -0.320. The van der Waals surface area contributed by atoms with Gasteiger partial charge in [-0.1, -0.05) is 89.5 Å². The summed E-state index contributed by atoms with van der Waals surface area (Å²) in [5.41, 5.74) is 12.4. The molecule has 15 nitrogen and oxygen atoms in total. The first kappa shape index (κ1) is 83.2. The summed E-state index contributed by atoms with van der Waals surface area (Å²) in [4.78, 5) is 45.1. The lowest BCUT2D eigenvalue weighted by molar-refractivity contribution is -0.0427. The van der Waals surface area contributed by atoms with E-state index in [4.69, 9.17) is 77.4 Å². The van der Waals surface area contributed by atoms with Gasteiger partial charge in [0.05, 0.1) is 93.2 Å². The number of ether oxygens (including phenoxy) is 9. The van der Waals surface area contributed by atoms with E-state index in [0.717, 1.165) is 146 Å². The van der Waals surface area contributed by atoms with Crippen molar-refractivity contribution in [2.45, 2.75) is 189 Å². The third-order valence-electron chi connectivity index (χ3n) is 29.4. The van der Waals surface area contributed by atoms with Crippen LogP contribution in [-0.4, -0.2) is 138 Å². The lowest BCUT2D eigenvalue weighted by atomic mass is 9.66. The number of nitrogens with zero attached hydrogens (tertiary/aromatic N) is 3. The summed E-state index contributed by atoms with van der Waals surface area (Å²) in [5.74, 6) is 6.27. The number of aryl methyl sites for hydroxylation is 3. The van der Waals surface area contributed by atoms with Crippen LogP contribution in [0.3, 0.4) is 0 Å². The zero-order valence-electron chi connectivity index (χ0n) is 69.5. The molecule has 6 aromatic carbocycles. The molecular formula is C99H120Cl3N3O12. The molecule has 117 heavy (non-hydrogen) atoms. The van der Waals surface area contributed by atoms with Crippen LogP contribution in [0.15, 0.2) is 146 Å². The minimum Gasteiger partial charge on any atom is -0.490 e. The lowest BCUT2D eigenvalue weighted by Crippen LogP contribution is -2.50. The Labute approximate surface area is 708 Å². The summed E-state index contributed by atoms with van der Waals surface area (Å²) in [7, 11) is 9.97. The van der Waals surface area contributed by atoms with E-state index in [-0.39, 0.29) is 52.5 Å². The highest BCUT2D eigenvalue weighted by Crippen LogP contribution is 2.53. The number of allylic oxidation sites excluding steroid dienone is 3. The Hall–Kier alpha value is -7.50. The van der Waals surface area contributed by atoms with Gasteiger partial charge in [0.15, 0.2) is 0 Å². The molecule has 3 heterocycles. The number of anilines is 3. The van der Waals surface area contributed by atoms with Crippen LogP contribution in [0.5, 0.6) is 17.2 Å². The molecule has 18 rings (SSSR count). The van der Waals surface area contributed by atoms with Crippen LogP contribution >= 0.6 is 34.8 Å². The van der Waals surface area contributed by atoms with E-state index in [2.05, 4.69) is 87.6 Å². The number of hydrogen-bond donors (Lipinski definition) is 0. The summed E-state index contributed by atoms with van der Waals surface area (Å²) >= 11 is 19.2. The van der Waals surface area contributed by atoms with Gasteiger partial charge in [-0.25, -0.2) is 14.4 Å². The van der Waals surface area contributed by atoms with Crippen molar-refractivity contribution < 1.29 is 57.0 Å². The standard InChI is InChI=1S/3C33H40ClNO4/c3*1-37-31(22-7-4-3-5-8-22)27-13-10-25(27)19-35-20-33(16-6-9-23-17-26(34)12-14-28(23)33)21-39-30-15-11-24(18-29(30)35)32(36)38-2/h3*4,7,11-12,14-15,17-18,22,25,27,31H,3,5-6,8-10,13,16,19-21H2,1-2H3/t22-,25+,27-,31+,33+;22-,25+,27-,31-,33+;22-,25-,27+,31-,33-/m110/s1. The first-order chi connectivity index (χ1) is 57.0. The highest BCUT2D eigenvalue weighted by molar-refractivity contribution is 6.31. The molecule has 0 aromatic heterocycles. The van der Waals surface area contributed by atoms with Crippen LogP contribution in [0.25, 0.3) is 0 Å². The van der Waals surface area contributed by atoms with Crippen molar-refractivity contribution in [2.24, 2.45) is 53.3 Å². The van der Waals surface area contributed by atoms with Crippen molar-refractivity contribution >= 4 is 69.8 Å². The fourth-order valence-corrected chi connectivity index (χ4v) is 23.6. The maximum absolute atomic E-state index is 12.5. The van der Waals surface area contributed by atoms with Crippen LogP contribution in [0.4, 0.5) is 17.1 Å². The van der Waals surface area contributed by atoms with Crippen molar-refractivity contribution in [3.8, 4) is 17.2 Å². The normalized spacial score (nSPS) is 28.5. The van der Waals surface area contributed by atoms with Crippen molar-refractivity contribution in [3.05, 3.63) is 211 Å². The molecule has 0 N–H and O–H groups in total. The summed E-state index contributed by atoms with van der Waals surface area (Å²) in [5, 5.41) is 2.38. The molecule has 3 spiro atoms. The number of rotatable bonds is 18. The van der Waals surface area contributed by atoms with Gasteiger partial charge in [0.1, 0.15) is 17.2 Å². The first-order valence-corrected chi connectivity index (χ1v) is 44.9. The van der Waals surface area contributed by atoms with Gasteiger partial charge in [-0.05, 0) is 314 Å². The Morgan fingerprint density at radius 2 is 0.684 bits per heavy atom. The Morgan fingerprint density at radius 3 is 0.932 bits per heavy atom. The molecule has 3 aliphatic heterocycles. The monoisotopic (exact) mass is 1650 g/mol. The molecule has 0 amide bonds. The first-order valence-electron chi connectivity index (χ1n) is 43.8. The van der Waals surface area contributed by atoms with E-state index in [1.165, 1.54) is 151 Å². The molecule has 6 aromatic rings. The topological polar surface area (TPSA) is 144 Å². The van der Waals surface area contributed by atoms with Gasteiger partial charge in [-0.15, -0.1) is 0 Å². The summed E-state index contributed by atoms with van der Waals surface area (Å²) in [6, 6.07) is 36.3. The highest BCUT2D eigenvalue weighted by atomic mass is 35.5.